The van der Waals surface area contributed by atoms with Gasteiger partial charge in [0.25, 0.3) is 0 Å². The third-order valence-corrected chi connectivity index (χ3v) is 5.47. The van der Waals surface area contributed by atoms with Gasteiger partial charge in [-0.1, -0.05) is 18.2 Å². The highest BCUT2D eigenvalue weighted by Crippen LogP contribution is 2.21. The van der Waals surface area contributed by atoms with Crippen LogP contribution in [0, 0.1) is 6.92 Å². The number of methoxy groups -OCH3 is 1. The second-order valence-corrected chi connectivity index (χ2v) is 7.30. The van der Waals surface area contributed by atoms with Gasteiger partial charge in [-0.15, -0.1) is 0 Å². The summed E-state index contributed by atoms with van der Waals surface area (Å²) in [5, 5.41) is 4.72. The maximum atomic E-state index is 5.25. The molecule has 1 N–H and O–H groups in total. The minimum Gasteiger partial charge on any atom is -0.497 e. The number of aryl methyl sites for hydroxylation is 1. The van der Waals surface area contributed by atoms with E-state index in [0.29, 0.717) is 0 Å². The van der Waals surface area contributed by atoms with Crippen LogP contribution in [0.1, 0.15) is 5.56 Å². The molecule has 0 radical (unpaired) electrons. The Kier molecular flexibility index (Phi) is 5.63. The standard InChI is InChI=1S/C23H28N4O/c1-18-17-23(25-22-6-4-3-5-21(18)22)24-11-12-26-13-15-27(16-14-26)19-7-9-20(28-2)10-8-19/h3-10,17H,11-16H2,1-2H3,(H,24,25). The van der Waals surface area contributed by atoms with E-state index in [-0.39, 0.29) is 0 Å². The lowest BCUT2D eigenvalue weighted by Gasteiger charge is -2.36. The predicted molar refractivity (Wildman–Crippen MR) is 117 cm³/mol. The fourth-order valence-electron chi connectivity index (χ4n) is 3.80. The Morgan fingerprint density at radius 1 is 1.00 bits per heavy atom. The van der Waals surface area contributed by atoms with Gasteiger partial charge in [-0.2, -0.15) is 0 Å². The maximum Gasteiger partial charge on any atom is 0.126 e. The molecule has 1 aliphatic rings. The monoisotopic (exact) mass is 376 g/mol. The zero-order chi connectivity index (χ0) is 19.3. The van der Waals surface area contributed by atoms with Gasteiger partial charge >= 0.3 is 0 Å². The minimum absolute atomic E-state index is 0.908. The number of benzene rings is 2. The molecule has 4 rings (SSSR count). The van der Waals surface area contributed by atoms with Gasteiger partial charge in [0.05, 0.1) is 12.6 Å². The summed E-state index contributed by atoms with van der Waals surface area (Å²) in [6, 6.07) is 18.8. The summed E-state index contributed by atoms with van der Waals surface area (Å²) in [6.45, 7) is 8.36. The van der Waals surface area contributed by atoms with E-state index in [1.54, 1.807) is 7.11 Å². The first-order valence-corrected chi connectivity index (χ1v) is 9.94. The van der Waals surface area contributed by atoms with Gasteiger partial charge in [0.15, 0.2) is 0 Å². The summed E-state index contributed by atoms with van der Waals surface area (Å²) in [7, 11) is 1.70. The number of hydrogen-bond acceptors (Lipinski definition) is 5. The number of pyridine rings is 1. The largest absolute Gasteiger partial charge is 0.497 e. The van der Waals surface area contributed by atoms with E-state index in [4.69, 9.17) is 9.72 Å². The molecule has 2 aromatic carbocycles. The number of nitrogens with one attached hydrogen (secondary N) is 1. The lowest BCUT2D eigenvalue weighted by atomic mass is 10.1. The van der Waals surface area contributed by atoms with Crippen molar-refractivity contribution in [2.45, 2.75) is 6.92 Å². The fourth-order valence-corrected chi connectivity index (χ4v) is 3.80. The minimum atomic E-state index is 0.908. The van der Waals surface area contributed by atoms with Crippen LogP contribution < -0.4 is 15.0 Å². The second kappa shape index (κ2) is 8.48. The Balaban J connectivity index is 1.26. The SMILES string of the molecule is COc1ccc(N2CCN(CCNc3cc(C)c4ccccc4n3)CC2)cc1. The van der Waals surface area contributed by atoms with E-state index in [1.165, 1.54) is 16.6 Å². The predicted octanol–water partition coefficient (Wildman–Crippen LogP) is 3.79. The van der Waals surface area contributed by atoms with Gasteiger partial charge in [0.2, 0.25) is 0 Å². The molecule has 28 heavy (non-hydrogen) atoms. The molecule has 146 valence electrons. The summed E-state index contributed by atoms with van der Waals surface area (Å²) in [5.74, 6) is 1.87. The van der Waals surface area contributed by atoms with Crippen LogP contribution in [0.3, 0.4) is 0 Å². The molecular weight excluding hydrogens is 348 g/mol. The fraction of sp³-hybridized carbons (Fsp3) is 0.348. The molecule has 1 aliphatic heterocycles. The lowest BCUT2D eigenvalue weighted by molar-refractivity contribution is 0.267. The quantitative estimate of drug-likeness (QED) is 0.709. The Hall–Kier alpha value is -2.79. The molecular formula is C23H28N4O. The topological polar surface area (TPSA) is 40.6 Å². The molecule has 0 amide bonds. The number of anilines is 2. The summed E-state index contributed by atoms with van der Waals surface area (Å²) in [5.41, 5.74) is 3.59. The van der Waals surface area contributed by atoms with E-state index >= 15 is 0 Å². The van der Waals surface area contributed by atoms with Crippen molar-refractivity contribution in [2.75, 3.05) is 56.6 Å². The van der Waals surface area contributed by atoms with Crippen molar-refractivity contribution >= 4 is 22.4 Å². The van der Waals surface area contributed by atoms with Gasteiger partial charge in [-0.3, -0.25) is 4.90 Å². The summed E-state index contributed by atoms with van der Waals surface area (Å²) >= 11 is 0. The molecule has 1 saturated heterocycles. The van der Waals surface area contributed by atoms with Crippen molar-refractivity contribution in [3.63, 3.8) is 0 Å². The highest BCUT2D eigenvalue weighted by molar-refractivity contribution is 5.83. The Morgan fingerprint density at radius 3 is 2.50 bits per heavy atom. The number of hydrogen-bond donors (Lipinski definition) is 1. The smallest absolute Gasteiger partial charge is 0.126 e. The average Bonchev–Trinajstić information content (AvgIpc) is 2.74. The number of piperazine rings is 1. The molecule has 0 saturated carbocycles. The number of nitrogens with zero attached hydrogens (tertiary/aromatic N) is 3. The van der Waals surface area contributed by atoms with E-state index in [0.717, 1.165) is 56.4 Å². The number of para-hydroxylation sites is 1. The van der Waals surface area contributed by atoms with Crippen LogP contribution in [0.25, 0.3) is 10.9 Å². The first kappa shape index (κ1) is 18.6. The van der Waals surface area contributed by atoms with Crippen LogP contribution in [-0.2, 0) is 0 Å². The number of aromatic nitrogens is 1. The number of rotatable bonds is 6. The molecule has 0 atom stereocenters. The van der Waals surface area contributed by atoms with Crippen molar-refractivity contribution in [3.8, 4) is 5.75 Å². The van der Waals surface area contributed by atoms with Gasteiger partial charge in [-0.05, 0) is 48.9 Å². The third-order valence-electron chi connectivity index (χ3n) is 5.47. The lowest BCUT2D eigenvalue weighted by Crippen LogP contribution is -2.47. The van der Waals surface area contributed by atoms with E-state index in [9.17, 15) is 0 Å². The van der Waals surface area contributed by atoms with Crippen LogP contribution in [0.5, 0.6) is 5.75 Å². The molecule has 1 fully saturated rings. The molecule has 1 aromatic heterocycles. The first-order valence-electron chi connectivity index (χ1n) is 9.94. The zero-order valence-corrected chi connectivity index (χ0v) is 16.7. The molecule has 0 unspecified atom stereocenters. The summed E-state index contributed by atoms with van der Waals surface area (Å²) in [4.78, 5) is 9.69. The van der Waals surface area contributed by atoms with Gasteiger partial charge in [0, 0.05) is 50.3 Å². The Morgan fingerprint density at radius 2 is 1.75 bits per heavy atom. The summed E-state index contributed by atoms with van der Waals surface area (Å²) in [6.07, 6.45) is 0. The van der Waals surface area contributed by atoms with Gasteiger partial charge in [0.1, 0.15) is 11.6 Å². The molecule has 0 aliphatic carbocycles. The van der Waals surface area contributed by atoms with Crippen molar-refractivity contribution < 1.29 is 4.74 Å². The van der Waals surface area contributed by atoms with Crippen LogP contribution >= 0.6 is 0 Å². The number of fused-ring (bicyclic) bond motifs is 1. The highest BCUT2D eigenvalue weighted by atomic mass is 16.5. The second-order valence-electron chi connectivity index (χ2n) is 7.30. The maximum absolute atomic E-state index is 5.25. The Bertz CT molecular complexity index is 918. The van der Waals surface area contributed by atoms with Crippen molar-refractivity contribution in [2.24, 2.45) is 0 Å². The van der Waals surface area contributed by atoms with Crippen LogP contribution in [0.4, 0.5) is 11.5 Å². The average molecular weight is 377 g/mol. The van der Waals surface area contributed by atoms with E-state index in [2.05, 4.69) is 58.4 Å². The number of ether oxygens (including phenoxy) is 1. The molecule has 5 heteroatoms. The third kappa shape index (κ3) is 4.20. The summed E-state index contributed by atoms with van der Waals surface area (Å²) < 4.78 is 5.25. The van der Waals surface area contributed by atoms with Crippen molar-refractivity contribution in [1.82, 2.24) is 9.88 Å². The van der Waals surface area contributed by atoms with E-state index in [1.807, 2.05) is 18.2 Å². The molecule has 2 heterocycles. The van der Waals surface area contributed by atoms with Crippen molar-refractivity contribution in [1.29, 1.82) is 0 Å². The normalized spacial score (nSPS) is 15.0. The van der Waals surface area contributed by atoms with Crippen LogP contribution in [-0.4, -0.2) is 56.3 Å². The zero-order valence-electron chi connectivity index (χ0n) is 16.7. The van der Waals surface area contributed by atoms with Gasteiger partial charge < -0.3 is 15.0 Å². The van der Waals surface area contributed by atoms with Crippen LogP contribution in [0.2, 0.25) is 0 Å². The van der Waals surface area contributed by atoms with Gasteiger partial charge in [-0.25, -0.2) is 4.98 Å². The molecule has 3 aromatic rings. The molecule has 0 spiro atoms. The molecule has 0 bridgehead atoms. The molecule has 5 nitrogen and oxygen atoms in total. The van der Waals surface area contributed by atoms with E-state index < -0.39 is 0 Å². The Labute approximate surface area is 166 Å². The van der Waals surface area contributed by atoms with Crippen molar-refractivity contribution in [3.05, 3.63) is 60.2 Å². The first-order chi connectivity index (χ1) is 13.7. The highest BCUT2D eigenvalue weighted by Gasteiger charge is 2.17. The van der Waals surface area contributed by atoms with Crippen LogP contribution in [0.15, 0.2) is 54.6 Å².